The monoisotopic (exact) mass is 1340 g/mol. The Labute approximate surface area is 607 Å². The van der Waals surface area contributed by atoms with Crippen LogP contribution < -0.4 is 52.1 Å². The second-order valence-electron chi connectivity index (χ2n) is 31.8. The molecule has 0 unspecified atom stereocenters. The molecular weight excluding hydrogens is 1270 g/mol. The normalized spacial score (nSPS) is 13.5. The lowest BCUT2D eigenvalue weighted by molar-refractivity contribution is 0.472. The minimum Gasteiger partial charge on any atom is -0.458 e. The molecule has 4 aliphatic heterocycles. The van der Waals surface area contributed by atoms with Crippen molar-refractivity contribution in [3.63, 3.8) is 0 Å². The fraction of sp³-hybridized carbons (Fsp3) is 0.125. The molecule has 0 saturated heterocycles. The van der Waals surface area contributed by atoms with Crippen molar-refractivity contribution in [1.29, 1.82) is 0 Å². The summed E-state index contributed by atoms with van der Waals surface area (Å²) in [6.45, 7) is 20.4. The van der Waals surface area contributed by atoms with Crippen LogP contribution >= 0.6 is 0 Å². The summed E-state index contributed by atoms with van der Waals surface area (Å²) < 4.78 is 29.9. The van der Waals surface area contributed by atoms with Gasteiger partial charge in [-0.1, -0.05) is 275 Å². The average molecular weight is 1340 g/mol. The predicted molar refractivity (Wildman–Crippen MR) is 436 cm³/mol. The van der Waals surface area contributed by atoms with Gasteiger partial charge in [-0.05, 0) is 160 Å². The van der Waals surface area contributed by atoms with Crippen molar-refractivity contribution in [3.8, 4) is 78.6 Å². The Bertz CT molecular complexity index is 6110. The van der Waals surface area contributed by atoms with E-state index in [1.54, 1.807) is 0 Å². The Morgan fingerprint density at radius 3 is 1.09 bits per heavy atom. The van der Waals surface area contributed by atoms with Crippen molar-refractivity contribution < 1.29 is 18.3 Å². The second-order valence-corrected chi connectivity index (χ2v) is 31.8. The summed E-state index contributed by atoms with van der Waals surface area (Å²) in [5.41, 5.74) is 30.0. The van der Waals surface area contributed by atoms with Crippen LogP contribution in [0.5, 0.6) is 23.0 Å². The molecule has 0 N–H and O–H groups in total. The van der Waals surface area contributed by atoms with E-state index in [9.17, 15) is 0 Å². The van der Waals surface area contributed by atoms with Crippen molar-refractivity contribution in [3.05, 3.63) is 302 Å². The maximum atomic E-state index is 8.35. The van der Waals surface area contributed by atoms with E-state index in [-0.39, 0.29) is 23.0 Å². The molecule has 498 valence electrons. The van der Waals surface area contributed by atoms with E-state index in [1.807, 2.05) is 6.07 Å². The van der Waals surface area contributed by atoms with Gasteiger partial charge in [-0.25, -0.2) is 0 Å². The number of hydrogen-bond acceptors (Lipinski definition) is 6. The maximum Gasteiger partial charge on any atom is 0.260 e. The first kappa shape index (κ1) is 61.8. The zero-order chi connectivity index (χ0) is 70.2. The molecule has 6 heterocycles. The van der Waals surface area contributed by atoms with Crippen LogP contribution in [-0.2, 0) is 16.2 Å². The van der Waals surface area contributed by atoms with Gasteiger partial charge in [0.1, 0.15) is 45.3 Å². The molecule has 0 radical (unpaired) electrons. The van der Waals surface area contributed by atoms with Crippen molar-refractivity contribution in [2.45, 2.75) is 78.6 Å². The number of ether oxygens (including phenoxy) is 2. The molecule has 0 aliphatic carbocycles. The highest BCUT2D eigenvalue weighted by Gasteiger charge is 2.52. The summed E-state index contributed by atoms with van der Waals surface area (Å²) in [6, 6.07) is 106. The number of nitrogens with zero attached hydrogens (tertiary/aromatic N) is 2. The molecule has 4 aliphatic rings. The maximum absolute atomic E-state index is 8.35. The van der Waals surface area contributed by atoms with Crippen molar-refractivity contribution >= 4 is 124 Å². The summed E-state index contributed by atoms with van der Waals surface area (Å²) in [4.78, 5) is 5.35. The molecule has 14 aromatic carbocycles. The Morgan fingerprint density at radius 1 is 0.269 bits per heavy atom. The molecule has 20 rings (SSSR count). The third-order valence-corrected chi connectivity index (χ3v) is 22.4. The number of rotatable bonds is 7. The first-order valence-corrected chi connectivity index (χ1v) is 36.5. The number of furan rings is 2. The zero-order valence-electron chi connectivity index (χ0n) is 59.8. The van der Waals surface area contributed by atoms with Gasteiger partial charge in [0.05, 0.1) is 22.1 Å². The van der Waals surface area contributed by atoms with Crippen molar-refractivity contribution in [2.75, 3.05) is 9.80 Å². The Balaban J connectivity index is 1.00. The fourth-order valence-electron chi connectivity index (χ4n) is 17.2. The van der Waals surface area contributed by atoms with Gasteiger partial charge in [-0.15, -0.1) is 0 Å². The van der Waals surface area contributed by atoms with E-state index >= 15 is 0 Å². The van der Waals surface area contributed by atoms with E-state index in [2.05, 4.69) is 351 Å². The number of anilines is 6. The molecule has 0 saturated carbocycles. The standard InChI is InChI=1S/C96H74B2N2O4/c1-94(2,3)63-50-68(58-31-17-11-18-32-58)89(69(51-63)59-33-19-12-20-34-59)99-75-49-62(57-29-15-10-16-30-57)43-44-72(75)98-86-76(99)54-65(96(7,8)9)55-77(86)100(90-70(60-35-21-13-22-36-60)52-64(95(4,5)6)53-71(90)61-37-23-14-24-38-61)78-56-83-88-93(87(78)98)104-92-74(46-48-82-85(92)67-40-26-28-42-80(67)102-82)97(88)73-45-47-81-84(91(73)103-83)66-39-25-27-41-79(66)101-81/h10-56H,1-9H3. The van der Waals surface area contributed by atoms with Gasteiger partial charge in [0, 0.05) is 67.3 Å². The summed E-state index contributed by atoms with van der Waals surface area (Å²) in [5, 5.41) is 3.87. The fourth-order valence-corrected chi connectivity index (χ4v) is 17.2. The van der Waals surface area contributed by atoms with Crippen molar-refractivity contribution in [2.24, 2.45) is 0 Å². The molecule has 0 fully saturated rings. The Morgan fingerprint density at radius 2 is 0.644 bits per heavy atom. The number of fused-ring (bicyclic) bond motifs is 17. The quantitative estimate of drug-likeness (QED) is 0.148. The van der Waals surface area contributed by atoms with E-state index in [4.69, 9.17) is 18.3 Å². The first-order chi connectivity index (χ1) is 50.5. The van der Waals surface area contributed by atoms with E-state index in [0.717, 1.165) is 184 Å². The lowest BCUT2D eigenvalue weighted by Gasteiger charge is -2.48. The van der Waals surface area contributed by atoms with Crippen LogP contribution in [0.1, 0.15) is 79.0 Å². The largest absolute Gasteiger partial charge is 0.458 e. The first-order valence-electron chi connectivity index (χ1n) is 36.5. The van der Waals surface area contributed by atoms with Crippen LogP contribution in [0.25, 0.3) is 99.5 Å². The third kappa shape index (κ3) is 9.43. The predicted octanol–water partition coefficient (Wildman–Crippen LogP) is 22.5. The number of hydrogen-bond donors (Lipinski definition) is 0. The van der Waals surface area contributed by atoms with Gasteiger partial charge < -0.3 is 28.1 Å². The lowest BCUT2D eigenvalue weighted by atomic mass is 9.30. The molecule has 0 atom stereocenters. The van der Waals surface area contributed by atoms with Gasteiger partial charge in [0.15, 0.2) is 0 Å². The van der Waals surface area contributed by atoms with E-state index < -0.39 is 6.71 Å². The topological polar surface area (TPSA) is 51.2 Å². The highest BCUT2D eigenvalue weighted by molar-refractivity contribution is 7.03. The van der Waals surface area contributed by atoms with E-state index in [1.165, 1.54) is 22.2 Å². The van der Waals surface area contributed by atoms with Crippen LogP contribution in [0, 0.1) is 0 Å². The minimum atomic E-state index is -0.441. The molecular formula is C96H74B2N2O4. The molecule has 0 spiro atoms. The van der Waals surface area contributed by atoms with Gasteiger partial charge in [-0.3, -0.25) is 0 Å². The highest BCUT2D eigenvalue weighted by Crippen LogP contribution is 2.57. The second kappa shape index (κ2) is 22.8. The lowest BCUT2D eigenvalue weighted by Crippen LogP contribution is -2.65. The summed E-state index contributed by atoms with van der Waals surface area (Å²) in [5.74, 6) is 3.04. The van der Waals surface area contributed by atoms with Gasteiger partial charge in [0.25, 0.3) is 13.4 Å². The molecule has 2 aromatic heterocycles. The zero-order valence-corrected chi connectivity index (χ0v) is 59.8. The smallest absolute Gasteiger partial charge is 0.260 e. The van der Waals surface area contributed by atoms with Crippen LogP contribution in [-0.4, -0.2) is 13.4 Å². The number of para-hydroxylation sites is 2. The SMILES string of the molecule is CC(C)(C)c1cc(-c2ccccc2)c(N2c3cc(-c4ccccc4)ccc3B3c4c2cc(C(C)(C)C)cc4N(c2c(-c4ccccc4)cc(C(C)(C)C)cc2-c2ccccc2)c2cc4c5c(c23)Oc2c(ccc3oc6ccccc6c23)B5c2ccc3oc5ccccc5c3c2O4)c(-c2ccccc2)c1. The number of benzene rings is 14. The highest BCUT2D eigenvalue weighted by atomic mass is 16.5. The molecule has 104 heavy (non-hydrogen) atoms. The third-order valence-electron chi connectivity index (χ3n) is 22.4. The summed E-state index contributed by atoms with van der Waals surface area (Å²) >= 11 is 0. The van der Waals surface area contributed by atoms with Crippen molar-refractivity contribution in [1.82, 2.24) is 0 Å². The van der Waals surface area contributed by atoms with E-state index in [0.29, 0.717) is 0 Å². The summed E-state index contributed by atoms with van der Waals surface area (Å²) in [7, 11) is 0. The Kier molecular flexibility index (Phi) is 13.5. The summed E-state index contributed by atoms with van der Waals surface area (Å²) in [6.07, 6.45) is 0. The molecule has 16 aromatic rings. The minimum absolute atomic E-state index is 0.212. The van der Waals surface area contributed by atoms with Crippen LogP contribution in [0.2, 0.25) is 0 Å². The average Bonchev–Trinajstić information content (AvgIpc) is 0.859. The molecule has 8 heteroatoms. The van der Waals surface area contributed by atoms with Crippen LogP contribution in [0.15, 0.2) is 294 Å². The van der Waals surface area contributed by atoms with Crippen LogP contribution in [0.4, 0.5) is 34.1 Å². The van der Waals surface area contributed by atoms with Gasteiger partial charge >= 0.3 is 0 Å². The molecule has 6 nitrogen and oxygen atoms in total. The van der Waals surface area contributed by atoms with Gasteiger partial charge in [-0.2, -0.15) is 0 Å². The Hall–Kier alpha value is -12.0. The molecule has 0 bridgehead atoms. The molecule has 0 amide bonds. The van der Waals surface area contributed by atoms with Crippen LogP contribution in [0.3, 0.4) is 0 Å². The van der Waals surface area contributed by atoms with Gasteiger partial charge in [0.2, 0.25) is 0 Å².